The van der Waals surface area contributed by atoms with E-state index in [0.29, 0.717) is 17.1 Å². The first-order valence-corrected chi connectivity index (χ1v) is 8.76. The molecule has 0 unspecified atom stereocenters. The molecule has 6 heteroatoms. The molecule has 0 atom stereocenters. The minimum atomic E-state index is -0.0112. The van der Waals surface area contributed by atoms with E-state index in [2.05, 4.69) is 11.2 Å². The molecule has 0 spiro atoms. The fourth-order valence-electron chi connectivity index (χ4n) is 2.65. The lowest BCUT2D eigenvalue weighted by molar-refractivity contribution is 0.0831. The van der Waals surface area contributed by atoms with Gasteiger partial charge in [0, 0.05) is 41.2 Å². The van der Waals surface area contributed by atoms with Crippen molar-refractivity contribution in [3.8, 4) is 0 Å². The molecule has 1 aliphatic rings. The van der Waals surface area contributed by atoms with Gasteiger partial charge in [0.25, 0.3) is 5.91 Å². The second-order valence-corrected chi connectivity index (χ2v) is 7.06. The summed E-state index contributed by atoms with van der Waals surface area (Å²) in [7, 11) is 1.93. The first kappa shape index (κ1) is 16.1. The van der Waals surface area contributed by atoms with E-state index in [4.69, 9.17) is 11.6 Å². The van der Waals surface area contributed by atoms with Crippen LogP contribution in [0.25, 0.3) is 6.08 Å². The largest absolute Gasteiger partial charge is 0.302 e. The summed E-state index contributed by atoms with van der Waals surface area (Å²) >= 11 is 7.70. The van der Waals surface area contributed by atoms with Crippen molar-refractivity contribution in [3.63, 3.8) is 0 Å². The van der Waals surface area contributed by atoms with Gasteiger partial charge in [-0.25, -0.2) is 0 Å². The monoisotopic (exact) mass is 347 g/mol. The van der Waals surface area contributed by atoms with Gasteiger partial charge >= 0.3 is 0 Å². The summed E-state index contributed by atoms with van der Waals surface area (Å²) in [6.07, 6.45) is 2.07. The zero-order chi connectivity index (χ0) is 16.6. The third kappa shape index (κ3) is 3.16. The number of rotatable bonds is 2. The summed E-state index contributed by atoms with van der Waals surface area (Å²) in [5.74, 6) is 0.888. The predicted molar refractivity (Wildman–Crippen MR) is 95.6 cm³/mol. The van der Waals surface area contributed by atoms with Gasteiger partial charge in [-0.3, -0.25) is 9.48 Å². The molecule has 1 aromatic carbocycles. The number of thioether (sulfide) groups is 1. The van der Waals surface area contributed by atoms with Crippen LogP contribution in [0.4, 0.5) is 0 Å². The molecule has 0 radical (unpaired) electrons. The maximum atomic E-state index is 12.8. The molecule has 1 fully saturated rings. The Morgan fingerprint density at radius 2 is 2.17 bits per heavy atom. The number of nitrogens with zero attached hydrogens (tertiary/aromatic N) is 3. The maximum Gasteiger partial charge on any atom is 0.258 e. The van der Waals surface area contributed by atoms with Crippen LogP contribution in [0, 0.1) is 13.8 Å². The lowest BCUT2D eigenvalue weighted by atomic mass is 10.2. The molecule has 1 aliphatic heterocycles. The summed E-state index contributed by atoms with van der Waals surface area (Å²) < 4.78 is 1.87. The third-order valence-corrected chi connectivity index (χ3v) is 5.24. The van der Waals surface area contributed by atoms with Crippen LogP contribution in [0.3, 0.4) is 0 Å². The van der Waals surface area contributed by atoms with Crippen LogP contribution in [0.2, 0.25) is 5.02 Å². The fraction of sp³-hybridized carbons (Fsp3) is 0.294. The first-order chi connectivity index (χ1) is 11.0. The van der Waals surface area contributed by atoms with Crippen LogP contribution < -0.4 is 0 Å². The predicted octanol–water partition coefficient (Wildman–Crippen LogP) is 3.88. The molecule has 1 amide bonds. The van der Waals surface area contributed by atoms with Crippen molar-refractivity contribution in [2.75, 3.05) is 12.3 Å². The molecule has 2 aromatic rings. The smallest absolute Gasteiger partial charge is 0.258 e. The van der Waals surface area contributed by atoms with E-state index in [-0.39, 0.29) is 5.91 Å². The van der Waals surface area contributed by atoms with E-state index in [1.165, 1.54) is 0 Å². The average molecular weight is 348 g/mol. The van der Waals surface area contributed by atoms with Gasteiger partial charge in [-0.15, -0.1) is 11.8 Å². The first-order valence-electron chi connectivity index (χ1n) is 7.39. The summed E-state index contributed by atoms with van der Waals surface area (Å²) in [5, 5.41) is 5.98. The topological polar surface area (TPSA) is 38.1 Å². The van der Waals surface area contributed by atoms with E-state index >= 15 is 0 Å². The number of amides is 1. The molecule has 0 saturated carbocycles. The molecule has 1 aromatic heterocycles. The lowest BCUT2D eigenvalue weighted by Crippen LogP contribution is -2.26. The Hall–Kier alpha value is -1.72. The van der Waals surface area contributed by atoms with Gasteiger partial charge in [0.1, 0.15) is 0 Å². The Morgan fingerprint density at radius 3 is 2.83 bits per heavy atom. The van der Waals surface area contributed by atoms with E-state index in [1.807, 2.05) is 30.5 Å². The van der Waals surface area contributed by atoms with Crippen molar-refractivity contribution in [3.05, 3.63) is 56.8 Å². The zero-order valence-corrected chi connectivity index (χ0v) is 14.9. The van der Waals surface area contributed by atoms with Crippen molar-refractivity contribution in [1.29, 1.82) is 0 Å². The number of carbonyl (C=O) groups excluding carboxylic acids is 1. The van der Waals surface area contributed by atoms with Crippen molar-refractivity contribution >= 4 is 35.3 Å². The van der Waals surface area contributed by atoms with Crippen molar-refractivity contribution < 1.29 is 4.79 Å². The highest BCUT2D eigenvalue weighted by molar-refractivity contribution is 8.03. The molecule has 1 saturated heterocycles. The summed E-state index contributed by atoms with van der Waals surface area (Å²) in [6.45, 7) is 4.73. The average Bonchev–Trinajstić information content (AvgIpc) is 3.07. The Bertz CT molecular complexity index is 797. The van der Waals surface area contributed by atoms with Crippen molar-refractivity contribution in [2.45, 2.75) is 13.8 Å². The molecule has 2 heterocycles. The minimum absolute atomic E-state index is 0.0112. The fourth-order valence-corrected chi connectivity index (χ4v) is 3.86. The Labute approximate surface area is 145 Å². The summed E-state index contributed by atoms with van der Waals surface area (Å²) in [4.78, 5) is 14.6. The maximum absolute atomic E-state index is 12.8. The molecule has 0 N–H and O–H groups in total. The van der Waals surface area contributed by atoms with Gasteiger partial charge in [0.2, 0.25) is 0 Å². The number of aromatic nitrogens is 2. The number of carbonyl (C=O) groups is 1. The number of benzene rings is 1. The van der Waals surface area contributed by atoms with E-state index < -0.39 is 0 Å². The van der Waals surface area contributed by atoms with Gasteiger partial charge in [0.05, 0.1) is 10.7 Å². The van der Waals surface area contributed by atoms with Crippen LogP contribution in [0.15, 0.2) is 29.3 Å². The van der Waals surface area contributed by atoms with Crippen LogP contribution >= 0.6 is 23.4 Å². The number of halogens is 1. The molecular formula is C17H18ClN3OS. The van der Waals surface area contributed by atoms with E-state index in [9.17, 15) is 4.79 Å². The quantitative estimate of drug-likeness (QED) is 0.827. The van der Waals surface area contributed by atoms with Gasteiger partial charge in [-0.05, 0) is 38.1 Å². The molecule has 3 rings (SSSR count). The van der Waals surface area contributed by atoms with Gasteiger partial charge in [-0.2, -0.15) is 5.10 Å². The molecule has 120 valence electrons. The second kappa shape index (κ2) is 6.42. The van der Waals surface area contributed by atoms with Crippen LogP contribution in [-0.2, 0) is 7.05 Å². The SMILES string of the molecule is Cc1nn(C)c(C)c1/C=C1/SCCN1C(=O)c1cccc(Cl)c1. The molecule has 0 bridgehead atoms. The second-order valence-electron chi connectivity index (χ2n) is 5.51. The summed E-state index contributed by atoms with van der Waals surface area (Å²) in [6, 6.07) is 7.09. The number of hydrogen-bond donors (Lipinski definition) is 0. The van der Waals surface area contributed by atoms with Crippen molar-refractivity contribution in [2.24, 2.45) is 7.05 Å². The van der Waals surface area contributed by atoms with Crippen molar-refractivity contribution in [1.82, 2.24) is 14.7 Å². The molecule has 0 aliphatic carbocycles. The highest BCUT2D eigenvalue weighted by Gasteiger charge is 2.26. The van der Waals surface area contributed by atoms with E-state index in [0.717, 1.165) is 27.7 Å². The summed E-state index contributed by atoms with van der Waals surface area (Å²) in [5.41, 5.74) is 3.77. The molecule has 23 heavy (non-hydrogen) atoms. The van der Waals surface area contributed by atoms with Crippen LogP contribution in [0.1, 0.15) is 27.3 Å². The zero-order valence-electron chi connectivity index (χ0n) is 13.3. The molecule has 4 nitrogen and oxygen atoms in total. The highest BCUT2D eigenvalue weighted by Crippen LogP contribution is 2.32. The van der Waals surface area contributed by atoms with Gasteiger partial charge in [-0.1, -0.05) is 17.7 Å². The molecular weight excluding hydrogens is 330 g/mol. The normalized spacial score (nSPS) is 16.3. The van der Waals surface area contributed by atoms with Gasteiger partial charge in [0.15, 0.2) is 0 Å². The van der Waals surface area contributed by atoms with E-state index in [1.54, 1.807) is 36.0 Å². The lowest BCUT2D eigenvalue weighted by Gasteiger charge is -2.17. The Morgan fingerprint density at radius 1 is 1.39 bits per heavy atom. The number of hydrogen-bond acceptors (Lipinski definition) is 3. The van der Waals surface area contributed by atoms with Crippen LogP contribution in [0.5, 0.6) is 0 Å². The minimum Gasteiger partial charge on any atom is -0.302 e. The van der Waals surface area contributed by atoms with Gasteiger partial charge < -0.3 is 4.90 Å². The Kier molecular flexibility index (Phi) is 4.50. The van der Waals surface area contributed by atoms with Crippen LogP contribution in [-0.4, -0.2) is 32.9 Å². The highest BCUT2D eigenvalue weighted by atomic mass is 35.5. The standard InChI is InChI=1S/C17H18ClN3OS/c1-11-15(12(2)20(3)19-11)10-16-21(7-8-23-16)17(22)13-5-4-6-14(18)9-13/h4-6,9-10H,7-8H2,1-3H3/b16-10+. The third-order valence-electron chi connectivity index (χ3n) is 3.98. The Balaban J connectivity index is 1.94. The number of aryl methyl sites for hydroxylation is 2.